The van der Waals surface area contributed by atoms with Crippen LogP contribution in [0.5, 0.6) is 0 Å². The van der Waals surface area contributed by atoms with Crippen LogP contribution < -0.4 is 11.5 Å². The van der Waals surface area contributed by atoms with Gasteiger partial charge in [0.2, 0.25) is 0 Å². The smallest absolute Gasteiger partial charge is 0.0132 e. The van der Waals surface area contributed by atoms with Crippen LogP contribution in [-0.2, 0) is 0 Å². The molecule has 4 N–H and O–H groups in total. The molecule has 0 saturated heterocycles. The molecule has 0 saturated carbocycles. The van der Waals surface area contributed by atoms with Crippen LogP contribution in [0, 0.1) is 0 Å². The third-order valence-electron chi connectivity index (χ3n) is 0.780. The van der Waals surface area contributed by atoms with E-state index in [1.807, 2.05) is 19.9 Å². The van der Waals surface area contributed by atoms with Gasteiger partial charge in [0.25, 0.3) is 0 Å². The minimum atomic E-state index is -0.115. The summed E-state index contributed by atoms with van der Waals surface area (Å²) in [4.78, 5) is 0. The second kappa shape index (κ2) is 2.72. The maximum absolute atomic E-state index is 5.61. The second-order valence-corrected chi connectivity index (χ2v) is 2.62. The molecule has 8 heavy (non-hydrogen) atoms. The fourth-order valence-corrected chi connectivity index (χ4v) is 0.372. The fraction of sp³-hybridized carbons (Fsp3) is 0.667. The Labute approximate surface area is 50.6 Å². The highest BCUT2D eigenvalue weighted by Gasteiger charge is 2.05. The molecule has 48 valence electrons. The zero-order valence-electron chi connectivity index (χ0n) is 5.52. The molecule has 0 aromatic carbocycles. The van der Waals surface area contributed by atoms with Gasteiger partial charge in [-0.15, -0.1) is 0 Å². The van der Waals surface area contributed by atoms with Crippen LogP contribution in [-0.4, -0.2) is 5.54 Å². The Morgan fingerprint density at radius 2 is 2.00 bits per heavy atom. The van der Waals surface area contributed by atoms with E-state index >= 15 is 0 Å². The van der Waals surface area contributed by atoms with Gasteiger partial charge in [-0.25, -0.2) is 0 Å². The van der Waals surface area contributed by atoms with Crippen molar-refractivity contribution in [1.29, 1.82) is 0 Å². The first kappa shape index (κ1) is 7.50. The largest absolute Gasteiger partial charge is 0.405 e. The molecule has 0 aliphatic heterocycles. The topological polar surface area (TPSA) is 52.0 Å². The number of hydrogen-bond acceptors (Lipinski definition) is 2. The molecule has 0 unspecified atom stereocenters. The van der Waals surface area contributed by atoms with Crippen molar-refractivity contribution in [2.24, 2.45) is 11.5 Å². The van der Waals surface area contributed by atoms with Gasteiger partial charge >= 0.3 is 0 Å². The van der Waals surface area contributed by atoms with Crippen molar-refractivity contribution < 1.29 is 0 Å². The summed E-state index contributed by atoms with van der Waals surface area (Å²) in [6.07, 6.45) is 4.22. The normalized spacial score (nSPS) is 12.9. The van der Waals surface area contributed by atoms with E-state index in [-0.39, 0.29) is 5.54 Å². The van der Waals surface area contributed by atoms with E-state index in [2.05, 4.69) is 0 Å². The summed E-state index contributed by atoms with van der Waals surface area (Å²) in [7, 11) is 0. The van der Waals surface area contributed by atoms with Crippen LogP contribution in [0.15, 0.2) is 12.3 Å². The van der Waals surface area contributed by atoms with E-state index in [4.69, 9.17) is 11.5 Å². The Hall–Kier alpha value is -0.500. The first-order valence-electron chi connectivity index (χ1n) is 2.72. The van der Waals surface area contributed by atoms with Crippen molar-refractivity contribution in [3.63, 3.8) is 0 Å². The Bertz CT molecular complexity index is 79.0. The van der Waals surface area contributed by atoms with Gasteiger partial charge in [-0.2, -0.15) is 0 Å². The van der Waals surface area contributed by atoms with E-state index in [1.54, 1.807) is 0 Å². The summed E-state index contributed by atoms with van der Waals surface area (Å²) < 4.78 is 0. The van der Waals surface area contributed by atoms with Crippen molar-refractivity contribution >= 4 is 0 Å². The van der Waals surface area contributed by atoms with E-state index in [1.165, 1.54) is 6.20 Å². The van der Waals surface area contributed by atoms with Crippen molar-refractivity contribution in [2.75, 3.05) is 0 Å². The predicted molar refractivity (Wildman–Crippen MR) is 36.2 cm³/mol. The first-order valence-corrected chi connectivity index (χ1v) is 2.72. The summed E-state index contributed by atoms with van der Waals surface area (Å²) in [5.74, 6) is 0. The SMILES string of the molecule is CC(C)(N)CC=CN. The minimum absolute atomic E-state index is 0.115. The standard InChI is InChI=1S/C6H14N2/c1-6(2,8)4-3-5-7/h3,5H,4,7-8H2,1-2H3. The van der Waals surface area contributed by atoms with Crippen LogP contribution >= 0.6 is 0 Å². The number of hydrogen-bond donors (Lipinski definition) is 2. The maximum atomic E-state index is 5.61. The third kappa shape index (κ3) is 5.50. The molecular formula is C6H14N2. The molecule has 0 heterocycles. The Balaban J connectivity index is 3.39. The summed E-state index contributed by atoms with van der Waals surface area (Å²) in [6.45, 7) is 3.93. The minimum Gasteiger partial charge on any atom is -0.405 e. The highest BCUT2D eigenvalue weighted by Crippen LogP contribution is 2.02. The molecule has 0 aromatic heterocycles. The lowest BCUT2D eigenvalue weighted by atomic mass is 10.0. The number of rotatable bonds is 2. The summed E-state index contributed by atoms with van der Waals surface area (Å²) in [5, 5.41) is 0. The predicted octanol–water partition coefficient (Wildman–Crippen LogP) is 0.586. The Kier molecular flexibility index (Phi) is 2.55. The van der Waals surface area contributed by atoms with Crippen molar-refractivity contribution in [3.05, 3.63) is 12.3 Å². The maximum Gasteiger partial charge on any atom is 0.0132 e. The fourth-order valence-electron chi connectivity index (χ4n) is 0.372. The molecule has 0 radical (unpaired) electrons. The lowest BCUT2D eigenvalue weighted by molar-refractivity contribution is 0.527. The van der Waals surface area contributed by atoms with E-state index in [9.17, 15) is 0 Å². The highest BCUT2D eigenvalue weighted by atomic mass is 14.7. The lowest BCUT2D eigenvalue weighted by Crippen LogP contribution is -2.30. The van der Waals surface area contributed by atoms with Gasteiger partial charge in [-0.05, 0) is 26.5 Å². The van der Waals surface area contributed by atoms with Gasteiger partial charge in [0.05, 0.1) is 0 Å². The monoisotopic (exact) mass is 114 g/mol. The van der Waals surface area contributed by atoms with Crippen LogP contribution in [0.4, 0.5) is 0 Å². The van der Waals surface area contributed by atoms with Gasteiger partial charge in [0, 0.05) is 5.54 Å². The molecule has 0 bridgehead atoms. The Morgan fingerprint density at radius 3 is 2.12 bits per heavy atom. The number of nitrogens with two attached hydrogens (primary N) is 2. The van der Waals surface area contributed by atoms with Crippen LogP contribution in [0.3, 0.4) is 0 Å². The van der Waals surface area contributed by atoms with E-state index in [0.29, 0.717) is 0 Å². The molecule has 0 rings (SSSR count). The zero-order valence-corrected chi connectivity index (χ0v) is 5.52. The van der Waals surface area contributed by atoms with Gasteiger partial charge < -0.3 is 11.5 Å². The molecule has 2 heteroatoms. The molecule has 0 amide bonds. The average molecular weight is 114 g/mol. The van der Waals surface area contributed by atoms with Crippen molar-refractivity contribution in [1.82, 2.24) is 0 Å². The third-order valence-corrected chi connectivity index (χ3v) is 0.780. The van der Waals surface area contributed by atoms with Crippen molar-refractivity contribution in [2.45, 2.75) is 25.8 Å². The second-order valence-electron chi connectivity index (χ2n) is 2.62. The molecule has 2 nitrogen and oxygen atoms in total. The Morgan fingerprint density at radius 1 is 1.50 bits per heavy atom. The summed E-state index contributed by atoms with van der Waals surface area (Å²) in [5.41, 5.74) is 10.6. The first-order chi connectivity index (χ1) is 3.56. The van der Waals surface area contributed by atoms with E-state index in [0.717, 1.165) is 6.42 Å². The van der Waals surface area contributed by atoms with Crippen LogP contribution in [0.25, 0.3) is 0 Å². The molecule has 0 aliphatic rings. The molecular weight excluding hydrogens is 100 g/mol. The average Bonchev–Trinajstić information content (AvgIpc) is 1.59. The lowest BCUT2D eigenvalue weighted by Gasteiger charge is -2.14. The molecule has 0 spiro atoms. The van der Waals surface area contributed by atoms with Crippen LogP contribution in [0.2, 0.25) is 0 Å². The molecule has 0 atom stereocenters. The quantitative estimate of drug-likeness (QED) is 0.552. The van der Waals surface area contributed by atoms with Gasteiger partial charge in [0.15, 0.2) is 0 Å². The summed E-state index contributed by atoms with van der Waals surface area (Å²) in [6, 6.07) is 0. The van der Waals surface area contributed by atoms with E-state index < -0.39 is 0 Å². The van der Waals surface area contributed by atoms with Gasteiger partial charge in [0.1, 0.15) is 0 Å². The molecule has 0 aliphatic carbocycles. The van der Waals surface area contributed by atoms with Crippen molar-refractivity contribution in [3.8, 4) is 0 Å². The molecule has 0 fully saturated rings. The summed E-state index contributed by atoms with van der Waals surface area (Å²) >= 11 is 0. The van der Waals surface area contributed by atoms with Gasteiger partial charge in [-0.1, -0.05) is 6.08 Å². The van der Waals surface area contributed by atoms with Crippen LogP contribution in [0.1, 0.15) is 20.3 Å². The zero-order chi connectivity index (χ0) is 6.62. The molecule has 0 aromatic rings. The van der Waals surface area contributed by atoms with Gasteiger partial charge in [-0.3, -0.25) is 0 Å². The highest BCUT2D eigenvalue weighted by molar-refractivity contribution is 4.86.